The van der Waals surface area contributed by atoms with Gasteiger partial charge in [0.2, 0.25) is 0 Å². The first-order valence-corrected chi connectivity index (χ1v) is 14.5. The molecule has 0 saturated carbocycles. The number of ether oxygens (including phenoxy) is 5. The molecule has 2 N–H and O–H groups in total. The van der Waals surface area contributed by atoms with Crippen molar-refractivity contribution in [3.05, 3.63) is 57.1 Å². The van der Waals surface area contributed by atoms with Gasteiger partial charge < -0.3 is 33.9 Å². The van der Waals surface area contributed by atoms with Crippen molar-refractivity contribution in [1.82, 2.24) is 0 Å². The summed E-state index contributed by atoms with van der Waals surface area (Å²) in [5, 5.41) is 22.1. The van der Waals surface area contributed by atoms with Crippen molar-refractivity contribution >= 4 is 23.1 Å². The predicted octanol–water partition coefficient (Wildman–Crippen LogP) is 2.76. The minimum Gasteiger partial charge on any atom is -0.507 e. The highest BCUT2D eigenvalue weighted by Gasteiger charge is 2.51. The second kappa shape index (κ2) is 9.76. The monoisotopic (exact) mass is 592 g/mol. The van der Waals surface area contributed by atoms with Crippen LogP contribution in [0, 0.1) is 0 Å². The number of aromatic hydroxyl groups is 1. The SMILES string of the molecule is COc1cc2c(c3c1CC(C)(O)CC3=O)C(=O)c1ccc(C3CC4OC5CC(=O)C(C)OC5OC4C(C)O3)c(O)c1C2=O. The smallest absolute Gasteiger partial charge is 0.198 e. The van der Waals surface area contributed by atoms with E-state index in [0.717, 1.165) is 0 Å². The van der Waals surface area contributed by atoms with E-state index in [-0.39, 0.29) is 70.8 Å². The molecule has 8 unspecified atom stereocenters. The Labute approximate surface area is 247 Å². The number of phenols is 1. The Hall–Kier alpha value is -3.48. The highest BCUT2D eigenvalue weighted by atomic mass is 16.7. The average Bonchev–Trinajstić information content (AvgIpc) is 2.94. The Balaban J connectivity index is 1.24. The van der Waals surface area contributed by atoms with E-state index in [0.29, 0.717) is 11.1 Å². The van der Waals surface area contributed by atoms with Crippen LogP contribution in [-0.2, 0) is 30.2 Å². The van der Waals surface area contributed by atoms with Gasteiger partial charge in [-0.1, -0.05) is 6.07 Å². The Morgan fingerprint density at radius 1 is 0.907 bits per heavy atom. The lowest BCUT2D eigenvalue weighted by Crippen LogP contribution is -2.60. The summed E-state index contributed by atoms with van der Waals surface area (Å²) < 4.78 is 29.8. The molecule has 43 heavy (non-hydrogen) atoms. The number of carbonyl (C=O) groups excluding carboxylic acids is 4. The highest BCUT2D eigenvalue weighted by molar-refractivity contribution is 6.32. The highest BCUT2D eigenvalue weighted by Crippen LogP contribution is 2.47. The predicted molar refractivity (Wildman–Crippen MR) is 147 cm³/mol. The standard InChI is InChI=1S/C32H32O11/c1-12-18(33)8-23-31(41-12)43-30-13(2)40-21(9-22(30)42-23)14-5-6-15-26(27(14)35)29(37)16-7-20(39-4)17-10-32(3,38)11-19(34)24(17)25(16)28(15)36/h5-7,12-13,21-23,30-31,35,38H,8-11H2,1-4H3. The first-order chi connectivity index (χ1) is 20.4. The maximum absolute atomic E-state index is 13.9. The number of fused-ring (bicyclic) bond motifs is 6. The molecular formula is C32H32O11. The molecule has 11 heteroatoms. The van der Waals surface area contributed by atoms with Crippen LogP contribution < -0.4 is 4.74 Å². The lowest BCUT2D eigenvalue weighted by atomic mass is 9.72. The van der Waals surface area contributed by atoms with Crippen LogP contribution in [0.5, 0.6) is 11.5 Å². The molecule has 7 rings (SSSR count). The van der Waals surface area contributed by atoms with Crippen LogP contribution in [0.4, 0.5) is 0 Å². The zero-order valence-electron chi connectivity index (χ0n) is 24.2. The summed E-state index contributed by atoms with van der Waals surface area (Å²) >= 11 is 0. The summed E-state index contributed by atoms with van der Waals surface area (Å²) in [6, 6.07) is 4.42. The lowest BCUT2D eigenvalue weighted by Gasteiger charge is -2.49. The second-order valence-electron chi connectivity index (χ2n) is 12.4. The molecule has 0 spiro atoms. The number of aliphatic hydroxyl groups is 1. The molecular weight excluding hydrogens is 560 g/mol. The molecule has 8 atom stereocenters. The van der Waals surface area contributed by atoms with Crippen molar-refractivity contribution in [2.75, 3.05) is 7.11 Å². The van der Waals surface area contributed by atoms with Gasteiger partial charge in [0.05, 0.1) is 36.6 Å². The summed E-state index contributed by atoms with van der Waals surface area (Å²) in [4.78, 5) is 53.3. The second-order valence-corrected chi connectivity index (χ2v) is 12.4. The number of methoxy groups -OCH3 is 1. The molecule has 2 aromatic rings. The van der Waals surface area contributed by atoms with Gasteiger partial charge in [0, 0.05) is 59.1 Å². The maximum atomic E-state index is 13.9. The molecule has 0 amide bonds. The van der Waals surface area contributed by atoms with Gasteiger partial charge in [0.15, 0.2) is 29.4 Å². The number of hydrogen-bond acceptors (Lipinski definition) is 11. The maximum Gasteiger partial charge on any atom is 0.198 e. The van der Waals surface area contributed by atoms with Crippen molar-refractivity contribution in [2.45, 2.75) is 95.0 Å². The summed E-state index contributed by atoms with van der Waals surface area (Å²) in [7, 11) is 1.39. The molecule has 0 bridgehead atoms. The molecule has 226 valence electrons. The van der Waals surface area contributed by atoms with Crippen LogP contribution in [0.3, 0.4) is 0 Å². The molecule has 0 aromatic heterocycles. The Morgan fingerprint density at radius 2 is 1.65 bits per heavy atom. The molecule has 3 aliphatic heterocycles. The van der Waals surface area contributed by atoms with Gasteiger partial charge in [-0.15, -0.1) is 0 Å². The number of hydrogen-bond donors (Lipinski definition) is 2. The summed E-state index contributed by atoms with van der Waals surface area (Å²) in [5.74, 6) is -1.88. The van der Waals surface area contributed by atoms with E-state index in [2.05, 4.69) is 0 Å². The van der Waals surface area contributed by atoms with Gasteiger partial charge in [0.25, 0.3) is 0 Å². The Morgan fingerprint density at radius 3 is 2.40 bits per heavy atom. The third-order valence-electron chi connectivity index (χ3n) is 9.28. The zero-order chi connectivity index (χ0) is 30.5. The van der Waals surface area contributed by atoms with E-state index < -0.39 is 65.9 Å². The van der Waals surface area contributed by atoms with Gasteiger partial charge >= 0.3 is 0 Å². The van der Waals surface area contributed by atoms with E-state index in [9.17, 15) is 29.4 Å². The quantitative estimate of drug-likeness (QED) is 0.451. The fraction of sp³-hybridized carbons (Fsp3) is 0.500. The van der Waals surface area contributed by atoms with Crippen molar-refractivity contribution in [3.63, 3.8) is 0 Å². The molecule has 0 radical (unpaired) electrons. The number of benzene rings is 2. The lowest BCUT2D eigenvalue weighted by molar-refractivity contribution is -0.347. The van der Waals surface area contributed by atoms with E-state index in [1.807, 2.05) is 6.92 Å². The number of ketones is 4. The average molecular weight is 593 g/mol. The van der Waals surface area contributed by atoms with Crippen molar-refractivity contribution in [1.29, 1.82) is 0 Å². The molecule has 2 aliphatic carbocycles. The fourth-order valence-electron chi connectivity index (χ4n) is 7.22. The van der Waals surface area contributed by atoms with Gasteiger partial charge in [-0.3, -0.25) is 19.2 Å². The van der Waals surface area contributed by atoms with E-state index in [1.54, 1.807) is 13.0 Å². The summed E-state index contributed by atoms with van der Waals surface area (Å²) in [6.45, 7) is 5.03. The molecule has 3 heterocycles. The van der Waals surface area contributed by atoms with Crippen LogP contribution >= 0.6 is 0 Å². The van der Waals surface area contributed by atoms with E-state index >= 15 is 0 Å². The van der Waals surface area contributed by atoms with Crippen LogP contribution in [0.1, 0.15) is 99.5 Å². The molecule has 5 aliphatic rings. The van der Waals surface area contributed by atoms with Crippen LogP contribution in [-0.4, -0.2) is 82.9 Å². The van der Waals surface area contributed by atoms with Gasteiger partial charge in [-0.2, -0.15) is 0 Å². The van der Waals surface area contributed by atoms with Crippen LogP contribution in [0.25, 0.3) is 0 Å². The third kappa shape index (κ3) is 4.28. The van der Waals surface area contributed by atoms with Gasteiger partial charge in [-0.25, -0.2) is 0 Å². The molecule has 3 fully saturated rings. The minimum atomic E-state index is -1.32. The van der Waals surface area contributed by atoms with Crippen LogP contribution in [0.2, 0.25) is 0 Å². The number of phenolic OH excluding ortho intramolecular Hbond substituents is 1. The Bertz CT molecular complexity index is 1610. The van der Waals surface area contributed by atoms with Gasteiger partial charge in [-0.05, 0) is 32.9 Å². The first-order valence-electron chi connectivity index (χ1n) is 14.5. The van der Waals surface area contributed by atoms with Crippen molar-refractivity contribution in [3.8, 4) is 11.5 Å². The molecule has 11 nitrogen and oxygen atoms in total. The third-order valence-corrected chi connectivity index (χ3v) is 9.28. The topological polar surface area (TPSA) is 155 Å². The first kappa shape index (κ1) is 28.3. The van der Waals surface area contributed by atoms with Crippen molar-refractivity contribution < 1.29 is 53.1 Å². The Kier molecular flexibility index (Phi) is 6.43. The molecule has 2 aromatic carbocycles. The zero-order valence-corrected chi connectivity index (χ0v) is 24.2. The summed E-state index contributed by atoms with van der Waals surface area (Å²) in [5.41, 5.74) is -0.829. The number of carbonyl (C=O) groups is 4. The van der Waals surface area contributed by atoms with E-state index in [1.165, 1.54) is 26.2 Å². The van der Waals surface area contributed by atoms with Crippen molar-refractivity contribution in [2.24, 2.45) is 0 Å². The number of Topliss-reactive ketones (excluding diaryl/α,β-unsaturated/α-hetero) is 2. The minimum absolute atomic E-state index is 0.0231. The largest absolute Gasteiger partial charge is 0.507 e. The summed E-state index contributed by atoms with van der Waals surface area (Å²) in [6.07, 6.45) is -3.62. The molecule has 3 saturated heterocycles. The van der Waals surface area contributed by atoms with Gasteiger partial charge in [0.1, 0.15) is 29.8 Å². The van der Waals surface area contributed by atoms with E-state index in [4.69, 9.17) is 23.7 Å². The fourth-order valence-corrected chi connectivity index (χ4v) is 7.22. The normalized spacial score (nSPS) is 35.0. The van der Waals surface area contributed by atoms with Crippen LogP contribution in [0.15, 0.2) is 18.2 Å². The number of rotatable bonds is 2.